The van der Waals surface area contributed by atoms with Crippen molar-refractivity contribution in [2.75, 3.05) is 6.54 Å². The molecule has 0 aromatic heterocycles. The fourth-order valence-electron chi connectivity index (χ4n) is 2.31. The van der Waals surface area contributed by atoms with E-state index in [0.29, 0.717) is 16.3 Å². The zero-order chi connectivity index (χ0) is 11.1. The third-order valence-electron chi connectivity index (χ3n) is 3.14. The minimum Gasteiger partial charge on any atom is -0.331 e. The lowest BCUT2D eigenvalue weighted by atomic mass is 10.1. The Hall–Kier alpha value is -1.35. The van der Waals surface area contributed by atoms with Crippen LogP contribution < -0.4 is 0 Å². The van der Waals surface area contributed by atoms with Gasteiger partial charge in [-0.05, 0) is 31.0 Å². The SMILES string of the molecule is O=C1c2ccc(Cl)cc2N=C[C@@H]2CCCN12. The van der Waals surface area contributed by atoms with Gasteiger partial charge in [0.25, 0.3) is 5.91 Å². The molecular weight excluding hydrogens is 224 g/mol. The number of hydrogen-bond acceptors (Lipinski definition) is 2. The number of carbonyl (C=O) groups is 1. The number of nitrogens with zero attached hydrogens (tertiary/aromatic N) is 2. The van der Waals surface area contributed by atoms with Gasteiger partial charge in [0.15, 0.2) is 0 Å². The molecule has 0 bridgehead atoms. The van der Waals surface area contributed by atoms with Crippen molar-refractivity contribution in [1.29, 1.82) is 0 Å². The topological polar surface area (TPSA) is 32.7 Å². The second kappa shape index (κ2) is 3.59. The Morgan fingerprint density at radius 2 is 2.31 bits per heavy atom. The van der Waals surface area contributed by atoms with Crippen molar-refractivity contribution in [1.82, 2.24) is 4.90 Å². The molecule has 1 fully saturated rings. The maximum absolute atomic E-state index is 12.2. The van der Waals surface area contributed by atoms with E-state index in [2.05, 4.69) is 4.99 Å². The number of benzene rings is 1. The Balaban J connectivity index is 2.12. The molecule has 3 nitrogen and oxygen atoms in total. The van der Waals surface area contributed by atoms with E-state index in [1.807, 2.05) is 11.1 Å². The summed E-state index contributed by atoms with van der Waals surface area (Å²) in [4.78, 5) is 18.5. The predicted octanol–water partition coefficient (Wildman–Crippen LogP) is 2.66. The average Bonchev–Trinajstić information content (AvgIpc) is 2.69. The van der Waals surface area contributed by atoms with Gasteiger partial charge in [0, 0.05) is 17.8 Å². The van der Waals surface area contributed by atoms with Crippen LogP contribution in [0.15, 0.2) is 23.2 Å². The summed E-state index contributed by atoms with van der Waals surface area (Å²) in [6.07, 6.45) is 3.94. The highest BCUT2D eigenvalue weighted by Crippen LogP contribution is 2.30. The van der Waals surface area contributed by atoms with Crippen LogP contribution >= 0.6 is 11.6 Å². The van der Waals surface area contributed by atoms with Crippen LogP contribution in [0, 0.1) is 0 Å². The van der Waals surface area contributed by atoms with Crippen LogP contribution in [0.1, 0.15) is 23.2 Å². The van der Waals surface area contributed by atoms with Gasteiger partial charge in [0.1, 0.15) is 0 Å². The molecule has 2 aliphatic rings. The number of amides is 1. The maximum Gasteiger partial charge on any atom is 0.256 e. The lowest BCUT2D eigenvalue weighted by Gasteiger charge is -2.19. The third kappa shape index (κ3) is 1.43. The van der Waals surface area contributed by atoms with Crippen molar-refractivity contribution in [3.05, 3.63) is 28.8 Å². The predicted molar refractivity (Wildman–Crippen MR) is 63.7 cm³/mol. The summed E-state index contributed by atoms with van der Waals surface area (Å²) in [7, 11) is 0. The minimum atomic E-state index is 0.0756. The fourth-order valence-corrected chi connectivity index (χ4v) is 2.48. The van der Waals surface area contributed by atoms with Crippen molar-refractivity contribution in [2.24, 2.45) is 4.99 Å². The Morgan fingerprint density at radius 1 is 1.44 bits per heavy atom. The van der Waals surface area contributed by atoms with Gasteiger partial charge >= 0.3 is 0 Å². The summed E-state index contributed by atoms with van der Waals surface area (Å²) in [6.45, 7) is 0.831. The average molecular weight is 235 g/mol. The second-order valence-corrected chi connectivity index (χ2v) is 4.58. The maximum atomic E-state index is 12.2. The van der Waals surface area contributed by atoms with Crippen LogP contribution in [0.5, 0.6) is 0 Å². The monoisotopic (exact) mass is 234 g/mol. The third-order valence-corrected chi connectivity index (χ3v) is 3.37. The fraction of sp³-hybridized carbons (Fsp3) is 0.333. The Kier molecular flexibility index (Phi) is 2.21. The van der Waals surface area contributed by atoms with Crippen molar-refractivity contribution < 1.29 is 4.79 Å². The second-order valence-electron chi connectivity index (χ2n) is 4.15. The summed E-state index contributed by atoms with van der Waals surface area (Å²) in [5.74, 6) is 0.0756. The first-order chi connectivity index (χ1) is 7.75. The highest BCUT2D eigenvalue weighted by molar-refractivity contribution is 6.31. The molecule has 3 rings (SSSR count). The van der Waals surface area contributed by atoms with Crippen LogP contribution in [-0.4, -0.2) is 29.6 Å². The molecule has 2 heterocycles. The van der Waals surface area contributed by atoms with E-state index in [1.54, 1.807) is 18.2 Å². The van der Waals surface area contributed by atoms with Gasteiger partial charge in [0.2, 0.25) is 0 Å². The molecule has 82 valence electrons. The van der Waals surface area contributed by atoms with Crippen molar-refractivity contribution >= 4 is 29.4 Å². The summed E-state index contributed by atoms with van der Waals surface area (Å²) in [6, 6.07) is 5.41. The lowest BCUT2D eigenvalue weighted by molar-refractivity contribution is 0.0775. The van der Waals surface area contributed by atoms with Crippen LogP contribution in [0.25, 0.3) is 0 Å². The highest BCUT2D eigenvalue weighted by Gasteiger charge is 2.31. The Bertz CT molecular complexity index is 484. The number of carbonyl (C=O) groups excluding carboxylic acids is 1. The molecule has 1 aromatic carbocycles. The van der Waals surface area contributed by atoms with Gasteiger partial charge in [0.05, 0.1) is 17.3 Å². The smallest absolute Gasteiger partial charge is 0.256 e. The first-order valence-corrected chi connectivity index (χ1v) is 5.78. The van der Waals surface area contributed by atoms with Gasteiger partial charge in [-0.15, -0.1) is 0 Å². The molecule has 16 heavy (non-hydrogen) atoms. The zero-order valence-electron chi connectivity index (χ0n) is 8.69. The number of rotatable bonds is 0. The quantitative estimate of drug-likeness (QED) is 0.679. The Labute approximate surface area is 98.7 Å². The van der Waals surface area contributed by atoms with Crippen molar-refractivity contribution in [2.45, 2.75) is 18.9 Å². The van der Waals surface area contributed by atoms with Crippen molar-refractivity contribution in [3.8, 4) is 0 Å². The molecule has 1 aromatic rings. The first-order valence-electron chi connectivity index (χ1n) is 5.40. The number of halogens is 1. The van der Waals surface area contributed by atoms with Gasteiger partial charge < -0.3 is 4.90 Å². The number of aliphatic imine (C=N–C) groups is 1. The standard InChI is InChI=1S/C12H11ClN2O/c13-8-3-4-10-11(6-8)14-7-9-2-1-5-15(9)12(10)16/h3-4,6-7,9H,1-2,5H2/t9-/m0/s1. The summed E-state index contributed by atoms with van der Waals surface area (Å²) < 4.78 is 0. The number of fused-ring (bicyclic) bond motifs is 2. The molecule has 1 atom stereocenters. The van der Waals surface area contributed by atoms with Crippen LogP contribution in [0.3, 0.4) is 0 Å². The lowest BCUT2D eigenvalue weighted by Crippen LogP contribution is -2.35. The normalized spacial score (nSPS) is 22.9. The molecule has 0 saturated carbocycles. The molecule has 0 radical (unpaired) electrons. The summed E-state index contributed by atoms with van der Waals surface area (Å²) >= 11 is 5.90. The Morgan fingerprint density at radius 3 is 3.19 bits per heavy atom. The molecule has 0 aliphatic carbocycles. The summed E-state index contributed by atoms with van der Waals surface area (Å²) in [5, 5.41) is 0.616. The largest absolute Gasteiger partial charge is 0.331 e. The molecule has 0 N–H and O–H groups in total. The molecular formula is C12H11ClN2O. The molecule has 0 spiro atoms. The van der Waals surface area contributed by atoms with E-state index in [9.17, 15) is 4.79 Å². The number of hydrogen-bond donors (Lipinski definition) is 0. The van der Waals surface area contributed by atoms with E-state index in [1.165, 1.54) is 0 Å². The molecule has 1 amide bonds. The highest BCUT2D eigenvalue weighted by atomic mass is 35.5. The van der Waals surface area contributed by atoms with Gasteiger partial charge in [-0.1, -0.05) is 11.6 Å². The molecule has 1 saturated heterocycles. The molecule has 4 heteroatoms. The van der Waals surface area contributed by atoms with E-state index < -0.39 is 0 Å². The van der Waals surface area contributed by atoms with Crippen LogP contribution in [0.4, 0.5) is 5.69 Å². The van der Waals surface area contributed by atoms with Gasteiger partial charge in [-0.3, -0.25) is 9.79 Å². The summed E-state index contributed by atoms with van der Waals surface area (Å²) in [5.41, 5.74) is 1.34. The van der Waals surface area contributed by atoms with Crippen molar-refractivity contribution in [3.63, 3.8) is 0 Å². The molecule has 2 aliphatic heterocycles. The first kappa shape index (κ1) is 9.85. The van der Waals surface area contributed by atoms with E-state index in [0.717, 1.165) is 19.4 Å². The van der Waals surface area contributed by atoms with E-state index in [-0.39, 0.29) is 11.9 Å². The van der Waals surface area contributed by atoms with Crippen LogP contribution in [-0.2, 0) is 0 Å². The zero-order valence-corrected chi connectivity index (χ0v) is 9.44. The minimum absolute atomic E-state index is 0.0756. The van der Waals surface area contributed by atoms with Crippen LogP contribution in [0.2, 0.25) is 5.02 Å². The van der Waals surface area contributed by atoms with Gasteiger partial charge in [-0.2, -0.15) is 0 Å². The van der Waals surface area contributed by atoms with Gasteiger partial charge in [-0.25, -0.2) is 0 Å². The van der Waals surface area contributed by atoms with E-state index >= 15 is 0 Å². The van der Waals surface area contributed by atoms with E-state index in [4.69, 9.17) is 11.6 Å². The molecule has 0 unspecified atom stereocenters.